The lowest BCUT2D eigenvalue weighted by Crippen LogP contribution is -1.73. The molecule has 0 aliphatic rings. The molecule has 0 saturated heterocycles. The Hall–Kier alpha value is -1.56. The summed E-state index contributed by atoms with van der Waals surface area (Å²) >= 11 is 0. The van der Waals surface area contributed by atoms with Crippen LogP contribution in [-0.2, 0) is 0 Å². The van der Waals surface area contributed by atoms with Gasteiger partial charge in [-0.25, -0.2) is 0 Å². The van der Waals surface area contributed by atoms with E-state index in [2.05, 4.69) is 48.5 Å². The second-order valence-corrected chi connectivity index (χ2v) is 2.73. The van der Waals surface area contributed by atoms with Gasteiger partial charge in [0.05, 0.1) is 0 Å². The summed E-state index contributed by atoms with van der Waals surface area (Å²) in [6, 6.07) is 20.8. The minimum atomic E-state index is 1.28. The maximum Gasteiger partial charge on any atom is -0.0184 e. The van der Waals surface area contributed by atoms with Gasteiger partial charge in [0.2, 0.25) is 0 Å². The molecule has 0 nitrogen and oxygen atoms in total. The SMILES string of the molecule is c1ccc(-[13c]2[13cH][13cH][13cH][13cH][13cH]2)cc1. The van der Waals surface area contributed by atoms with Crippen molar-refractivity contribution in [2.75, 3.05) is 0 Å². The van der Waals surface area contributed by atoms with Crippen molar-refractivity contribution in [2.24, 2.45) is 0 Å². The van der Waals surface area contributed by atoms with Gasteiger partial charge in [-0.2, -0.15) is 0 Å². The Morgan fingerprint density at radius 3 is 1.08 bits per heavy atom. The van der Waals surface area contributed by atoms with Gasteiger partial charge in [-0.1, -0.05) is 60.7 Å². The highest BCUT2D eigenvalue weighted by Gasteiger charge is 1.91. The van der Waals surface area contributed by atoms with Crippen LogP contribution in [0.5, 0.6) is 0 Å². The minimum absolute atomic E-state index is 1.28. The summed E-state index contributed by atoms with van der Waals surface area (Å²) in [4.78, 5) is 0. The predicted octanol–water partition coefficient (Wildman–Crippen LogP) is 3.35. The Kier molecular flexibility index (Phi) is 1.91. The molecular weight excluding hydrogens is 150 g/mol. The van der Waals surface area contributed by atoms with Crippen molar-refractivity contribution < 1.29 is 0 Å². The molecule has 2 aromatic carbocycles. The molecule has 0 heteroatoms. The van der Waals surface area contributed by atoms with E-state index in [1.54, 1.807) is 0 Å². The van der Waals surface area contributed by atoms with Crippen molar-refractivity contribution in [3.05, 3.63) is 60.7 Å². The van der Waals surface area contributed by atoms with Crippen LogP contribution in [0.25, 0.3) is 11.1 Å². The second-order valence-electron chi connectivity index (χ2n) is 2.73. The van der Waals surface area contributed by atoms with E-state index in [0.29, 0.717) is 0 Å². The van der Waals surface area contributed by atoms with Crippen molar-refractivity contribution in [1.82, 2.24) is 0 Å². The standard InChI is InChI=1S/C12H10/c1-3-7-11(8-4-1)12-9-5-2-6-10-12/h1-10H/i1+1,3+1,4+1,7+1,8+1,11+1. The fraction of sp³-hybridized carbons (Fsp3) is 0. The van der Waals surface area contributed by atoms with Gasteiger partial charge in [0.25, 0.3) is 0 Å². The lowest BCUT2D eigenvalue weighted by molar-refractivity contribution is 1.62. The average molecular weight is 160 g/mol. The van der Waals surface area contributed by atoms with Crippen molar-refractivity contribution in [1.29, 1.82) is 0 Å². The van der Waals surface area contributed by atoms with Gasteiger partial charge in [-0.15, -0.1) is 0 Å². The first-order valence-electron chi connectivity index (χ1n) is 4.07. The molecule has 12 heavy (non-hydrogen) atoms. The third-order valence-corrected chi connectivity index (χ3v) is 1.88. The van der Waals surface area contributed by atoms with Crippen LogP contribution in [0, 0.1) is 0 Å². The molecule has 0 atom stereocenters. The minimum Gasteiger partial charge on any atom is -0.0622 e. The van der Waals surface area contributed by atoms with E-state index < -0.39 is 0 Å². The fourth-order valence-corrected chi connectivity index (χ4v) is 1.26. The molecule has 0 fully saturated rings. The first-order valence-corrected chi connectivity index (χ1v) is 4.07. The normalized spacial score (nSPS) is 9.67. The molecule has 0 aromatic heterocycles. The van der Waals surface area contributed by atoms with Crippen LogP contribution in [0.1, 0.15) is 0 Å². The van der Waals surface area contributed by atoms with E-state index in [4.69, 9.17) is 0 Å². The molecule has 0 spiro atoms. The van der Waals surface area contributed by atoms with Gasteiger partial charge >= 0.3 is 0 Å². The van der Waals surface area contributed by atoms with E-state index in [9.17, 15) is 0 Å². The van der Waals surface area contributed by atoms with Crippen LogP contribution >= 0.6 is 0 Å². The molecule has 0 saturated carbocycles. The highest BCUT2D eigenvalue weighted by Crippen LogP contribution is 2.17. The number of benzene rings is 2. The quantitative estimate of drug-likeness (QED) is 0.600. The number of rotatable bonds is 1. The molecular formula is C12H10. The molecule has 0 aliphatic heterocycles. The summed E-state index contributed by atoms with van der Waals surface area (Å²) < 4.78 is 0. The predicted molar refractivity (Wildman–Crippen MR) is 51.9 cm³/mol. The van der Waals surface area contributed by atoms with Crippen molar-refractivity contribution in [3.8, 4) is 11.1 Å². The molecule has 0 amide bonds. The van der Waals surface area contributed by atoms with Gasteiger partial charge in [-0.3, -0.25) is 0 Å². The molecule has 0 aliphatic carbocycles. The summed E-state index contributed by atoms with van der Waals surface area (Å²) in [6.45, 7) is 0. The molecule has 0 heterocycles. The van der Waals surface area contributed by atoms with Crippen LogP contribution in [0.15, 0.2) is 60.7 Å². The molecule has 0 radical (unpaired) electrons. The zero-order valence-electron chi connectivity index (χ0n) is 6.77. The largest absolute Gasteiger partial charge is 0.0622 e. The van der Waals surface area contributed by atoms with Crippen LogP contribution in [0.3, 0.4) is 0 Å². The third kappa shape index (κ3) is 1.37. The Bertz CT molecular complexity index is 297. The number of hydrogen-bond acceptors (Lipinski definition) is 0. The number of hydrogen-bond donors (Lipinski definition) is 0. The van der Waals surface area contributed by atoms with Gasteiger partial charge in [-0.05, 0) is 11.1 Å². The van der Waals surface area contributed by atoms with Gasteiger partial charge in [0.15, 0.2) is 0 Å². The fourth-order valence-electron chi connectivity index (χ4n) is 1.26. The van der Waals surface area contributed by atoms with E-state index >= 15 is 0 Å². The van der Waals surface area contributed by atoms with Gasteiger partial charge in [0.1, 0.15) is 0 Å². The highest BCUT2D eigenvalue weighted by molar-refractivity contribution is 5.62. The molecule has 2 rings (SSSR count). The summed E-state index contributed by atoms with van der Waals surface area (Å²) in [5.74, 6) is 0. The Balaban J connectivity index is 2.46. The average Bonchev–Trinajstić information content (AvgIpc) is 2.21. The van der Waals surface area contributed by atoms with Crippen molar-refractivity contribution >= 4 is 0 Å². The zero-order valence-corrected chi connectivity index (χ0v) is 6.77. The Morgan fingerprint density at radius 2 is 0.750 bits per heavy atom. The summed E-state index contributed by atoms with van der Waals surface area (Å²) in [7, 11) is 0. The zero-order chi connectivity index (χ0) is 8.23. The van der Waals surface area contributed by atoms with E-state index in [1.165, 1.54) is 11.1 Å². The van der Waals surface area contributed by atoms with Gasteiger partial charge in [0, 0.05) is 0 Å². The third-order valence-electron chi connectivity index (χ3n) is 1.88. The van der Waals surface area contributed by atoms with E-state index in [0.717, 1.165) is 0 Å². The first kappa shape index (κ1) is 7.11. The smallest absolute Gasteiger partial charge is 0.0184 e. The second kappa shape index (κ2) is 3.22. The Morgan fingerprint density at radius 1 is 0.417 bits per heavy atom. The van der Waals surface area contributed by atoms with Crippen molar-refractivity contribution in [2.45, 2.75) is 0 Å². The lowest BCUT2D eigenvalue weighted by atomic mass is 10.3. The van der Waals surface area contributed by atoms with E-state index in [1.807, 2.05) is 12.1 Å². The monoisotopic (exact) mass is 160 g/mol. The topological polar surface area (TPSA) is 0 Å². The molecule has 58 valence electrons. The van der Waals surface area contributed by atoms with Crippen LogP contribution in [-0.4, -0.2) is 0 Å². The maximum absolute atomic E-state index is 2.12. The molecule has 0 bridgehead atoms. The first-order chi connectivity index (χ1) is 5.97. The molecule has 0 unspecified atom stereocenters. The highest BCUT2D eigenvalue weighted by atomic mass is 14.7. The maximum atomic E-state index is 2.12. The lowest BCUT2D eigenvalue weighted by Gasteiger charge is -1.98. The van der Waals surface area contributed by atoms with Crippen LogP contribution in [0.4, 0.5) is 0 Å². The summed E-state index contributed by atoms with van der Waals surface area (Å²) in [5.41, 5.74) is 2.55. The Labute approximate surface area is 72.5 Å². The van der Waals surface area contributed by atoms with Crippen molar-refractivity contribution in [3.63, 3.8) is 0 Å². The molecule has 0 N–H and O–H groups in total. The summed E-state index contributed by atoms with van der Waals surface area (Å²) in [6.07, 6.45) is 0. The summed E-state index contributed by atoms with van der Waals surface area (Å²) in [5, 5.41) is 0. The van der Waals surface area contributed by atoms with E-state index in [-0.39, 0.29) is 0 Å². The van der Waals surface area contributed by atoms with Crippen LogP contribution in [0.2, 0.25) is 0 Å². The molecule has 2 aromatic rings. The van der Waals surface area contributed by atoms with Gasteiger partial charge < -0.3 is 0 Å². The van der Waals surface area contributed by atoms with Crippen LogP contribution < -0.4 is 0 Å².